The van der Waals surface area contributed by atoms with E-state index in [1.807, 2.05) is 11.0 Å². The smallest absolute Gasteiger partial charge is 0.302 e. The van der Waals surface area contributed by atoms with Crippen LogP contribution in [-0.4, -0.2) is 48.6 Å². The molecule has 1 aromatic rings. The Bertz CT molecular complexity index is 928. The second-order valence-corrected chi connectivity index (χ2v) is 9.38. The maximum Gasteiger partial charge on any atom is 0.302 e. The van der Waals surface area contributed by atoms with Crippen LogP contribution in [0.2, 0.25) is 0 Å². The van der Waals surface area contributed by atoms with E-state index in [4.69, 9.17) is 4.74 Å². The van der Waals surface area contributed by atoms with Crippen molar-refractivity contribution in [3.05, 3.63) is 42.0 Å². The first-order chi connectivity index (χ1) is 13.5. The van der Waals surface area contributed by atoms with Gasteiger partial charge in [0.15, 0.2) is 0 Å². The number of benzene rings is 1. The van der Waals surface area contributed by atoms with Crippen LogP contribution in [0.3, 0.4) is 0 Å². The highest BCUT2D eigenvalue weighted by Gasteiger charge is 2.86. The summed E-state index contributed by atoms with van der Waals surface area (Å²) in [6.45, 7) is 6.26. The molecule has 0 radical (unpaired) electrons. The first-order valence-electron chi connectivity index (χ1n) is 10.4. The van der Waals surface area contributed by atoms with Crippen LogP contribution in [0, 0.1) is 17.3 Å². The number of hydrogen-bond acceptors (Lipinski definition) is 4. The minimum atomic E-state index is -0.331. The zero-order valence-corrected chi connectivity index (χ0v) is 16.4. The number of ether oxygens (including phenoxy) is 1. The summed E-state index contributed by atoms with van der Waals surface area (Å²) in [7, 11) is 0. The summed E-state index contributed by atoms with van der Waals surface area (Å²) in [5.41, 5.74) is 2.00. The van der Waals surface area contributed by atoms with Crippen molar-refractivity contribution in [3.8, 4) is 0 Å². The van der Waals surface area contributed by atoms with Crippen LogP contribution >= 0.6 is 0 Å². The average Bonchev–Trinajstić information content (AvgIpc) is 3.34. The Morgan fingerprint density at radius 1 is 1.36 bits per heavy atom. The molecule has 2 bridgehead atoms. The second-order valence-electron chi connectivity index (χ2n) is 9.38. The van der Waals surface area contributed by atoms with Gasteiger partial charge in [-0.2, -0.15) is 0 Å². The van der Waals surface area contributed by atoms with Crippen LogP contribution in [0.15, 0.2) is 36.4 Å². The van der Waals surface area contributed by atoms with E-state index >= 15 is 0 Å². The van der Waals surface area contributed by atoms with E-state index in [0.29, 0.717) is 18.6 Å². The molecule has 0 aromatic heterocycles. The third-order valence-corrected chi connectivity index (χ3v) is 8.94. The molecule has 1 saturated heterocycles. The van der Waals surface area contributed by atoms with Crippen molar-refractivity contribution in [3.63, 3.8) is 0 Å². The van der Waals surface area contributed by atoms with E-state index in [2.05, 4.69) is 42.2 Å². The lowest BCUT2D eigenvalue weighted by Crippen LogP contribution is -2.65. The van der Waals surface area contributed by atoms with Crippen molar-refractivity contribution in [1.29, 1.82) is 0 Å². The molecule has 1 unspecified atom stereocenters. The van der Waals surface area contributed by atoms with E-state index in [0.717, 1.165) is 38.0 Å². The Kier molecular flexibility index (Phi) is 3.04. The molecule has 3 aliphatic heterocycles. The molecule has 6 rings (SSSR count). The van der Waals surface area contributed by atoms with Gasteiger partial charge in [0.25, 0.3) is 0 Å². The highest BCUT2D eigenvalue weighted by Crippen LogP contribution is 2.80. The SMILES string of the molecule is CC(=O)OC[C@@H]1C[C@]23C=CCN4CC[C@]5(c6ccccc6N(C=O)[C@]15C2C)[C@@H]43. The second kappa shape index (κ2) is 5.07. The summed E-state index contributed by atoms with van der Waals surface area (Å²) < 4.78 is 5.58. The third-order valence-electron chi connectivity index (χ3n) is 8.94. The van der Waals surface area contributed by atoms with E-state index < -0.39 is 0 Å². The molecule has 5 heteroatoms. The number of anilines is 1. The average molecular weight is 378 g/mol. The zero-order valence-electron chi connectivity index (χ0n) is 16.4. The molecule has 146 valence electrons. The first kappa shape index (κ1) is 16.8. The lowest BCUT2D eigenvalue weighted by atomic mass is 9.57. The summed E-state index contributed by atoms with van der Waals surface area (Å²) in [5, 5.41) is 0. The molecule has 5 aliphatic rings. The minimum absolute atomic E-state index is 0.0361. The highest BCUT2D eigenvalue weighted by atomic mass is 16.5. The molecule has 3 spiro atoms. The number of carbonyl (C=O) groups is 2. The molecule has 6 atom stereocenters. The number of fused-ring (bicyclic) bond motifs is 1. The molecular formula is C23H26N2O3. The van der Waals surface area contributed by atoms with Crippen molar-refractivity contribution in [2.24, 2.45) is 17.3 Å². The van der Waals surface area contributed by atoms with Crippen molar-refractivity contribution < 1.29 is 14.3 Å². The largest absolute Gasteiger partial charge is 0.465 e. The topological polar surface area (TPSA) is 49.9 Å². The number of nitrogens with zero attached hydrogens (tertiary/aromatic N) is 2. The van der Waals surface area contributed by atoms with Crippen LogP contribution < -0.4 is 4.90 Å². The summed E-state index contributed by atoms with van der Waals surface area (Å²) in [4.78, 5) is 28.9. The molecule has 3 heterocycles. The quantitative estimate of drug-likeness (QED) is 0.461. The summed E-state index contributed by atoms with van der Waals surface area (Å²) in [6, 6.07) is 8.90. The van der Waals surface area contributed by atoms with Gasteiger partial charge < -0.3 is 9.64 Å². The maximum atomic E-state index is 12.6. The predicted octanol–water partition coefficient (Wildman–Crippen LogP) is 2.50. The van der Waals surface area contributed by atoms with Gasteiger partial charge in [-0.15, -0.1) is 0 Å². The third kappa shape index (κ3) is 1.45. The van der Waals surface area contributed by atoms with Gasteiger partial charge in [-0.3, -0.25) is 14.5 Å². The van der Waals surface area contributed by atoms with Crippen LogP contribution in [0.5, 0.6) is 0 Å². The molecule has 28 heavy (non-hydrogen) atoms. The van der Waals surface area contributed by atoms with Crippen LogP contribution in [0.25, 0.3) is 0 Å². The predicted molar refractivity (Wildman–Crippen MR) is 105 cm³/mol. The van der Waals surface area contributed by atoms with E-state index in [9.17, 15) is 9.59 Å². The van der Waals surface area contributed by atoms with Crippen LogP contribution in [0.4, 0.5) is 5.69 Å². The van der Waals surface area contributed by atoms with Gasteiger partial charge in [-0.05, 0) is 36.9 Å². The number of carbonyl (C=O) groups excluding carboxylic acids is 2. The number of rotatable bonds is 3. The van der Waals surface area contributed by atoms with Gasteiger partial charge in [0.2, 0.25) is 6.41 Å². The Morgan fingerprint density at radius 3 is 2.96 bits per heavy atom. The van der Waals surface area contributed by atoms with Crippen molar-refractivity contribution in [2.75, 3.05) is 24.6 Å². The molecule has 2 saturated carbocycles. The van der Waals surface area contributed by atoms with Gasteiger partial charge in [-0.25, -0.2) is 0 Å². The van der Waals surface area contributed by atoms with Crippen molar-refractivity contribution >= 4 is 18.1 Å². The normalized spacial score (nSPS) is 44.4. The number of para-hydroxylation sites is 1. The number of esters is 1. The lowest BCUT2D eigenvalue weighted by Gasteiger charge is -2.52. The summed E-state index contributed by atoms with van der Waals surface area (Å²) >= 11 is 0. The molecular weight excluding hydrogens is 352 g/mol. The van der Waals surface area contributed by atoms with Crippen LogP contribution in [0.1, 0.15) is 32.3 Å². The highest BCUT2D eigenvalue weighted by molar-refractivity contribution is 5.88. The fourth-order valence-corrected chi connectivity index (χ4v) is 8.57. The molecule has 3 fully saturated rings. The standard InChI is InChI=1S/C23H26N2O3/c1-15-21-8-5-10-24-11-9-22(20(21)24)18-6-3-4-7-19(18)25(14-26)23(15,22)17(12-21)13-28-16(2)27/h3-8,14-15,17,20H,9-13H2,1-2H3/t15?,17-,20-,21+,22-,23+/m0/s1. The Morgan fingerprint density at radius 2 is 2.18 bits per heavy atom. The van der Waals surface area contributed by atoms with Gasteiger partial charge in [0.05, 0.1) is 12.1 Å². The van der Waals surface area contributed by atoms with Crippen LogP contribution in [-0.2, 0) is 19.7 Å². The monoisotopic (exact) mass is 378 g/mol. The number of amides is 1. The number of hydrogen-bond donors (Lipinski definition) is 0. The Labute approximate surface area is 165 Å². The van der Waals surface area contributed by atoms with Gasteiger partial charge in [0.1, 0.15) is 0 Å². The molecule has 5 nitrogen and oxygen atoms in total. The Balaban J connectivity index is 1.65. The van der Waals surface area contributed by atoms with E-state index in [1.54, 1.807) is 0 Å². The minimum Gasteiger partial charge on any atom is -0.465 e. The van der Waals surface area contributed by atoms with Crippen molar-refractivity contribution in [1.82, 2.24) is 4.90 Å². The molecule has 1 amide bonds. The molecule has 0 N–H and O–H groups in total. The van der Waals surface area contributed by atoms with Gasteiger partial charge in [0, 0.05) is 41.9 Å². The first-order valence-corrected chi connectivity index (χ1v) is 10.4. The molecule has 1 aromatic carbocycles. The van der Waals surface area contributed by atoms with E-state index in [-0.39, 0.29) is 28.3 Å². The van der Waals surface area contributed by atoms with Crippen molar-refractivity contribution in [2.45, 2.75) is 43.7 Å². The zero-order chi connectivity index (χ0) is 19.3. The molecule has 2 aliphatic carbocycles. The van der Waals surface area contributed by atoms with E-state index in [1.165, 1.54) is 12.5 Å². The summed E-state index contributed by atoms with van der Waals surface area (Å²) in [6.07, 6.45) is 7.85. The fourth-order valence-electron chi connectivity index (χ4n) is 8.57. The Hall–Kier alpha value is -2.14. The maximum absolute atomic E-state index is 12.6. The lowest BCUT2D eigenvalue weighted by molar-refractivity contribution is -0.143. The van der Waals surface area contributed by atoms with Gasteiger partial charge in [-0.1, -0.05) is 37.3 Å². The van der Waals surface area contributed by atoms with Gasteiger partial charge >= 0.3 is 5.97 Å². The fraction of sp³-hybridized carbons (Fsp3) is 0.565. The summed E-state index contributed by atoms with van der Waals surface area (Å²) in [5.74, 6) is 0.209.